The highest BCUT2D eigenvalue weighted by atomic mass is 32.2. The van der Waals surface area contributed by atoms with Crippen molar-refractivity contribution in [2.45, 2.75) is 10.7 Å². The second-order valence-corrected chi connectivity index (χ2v) is 3.01. The Balaban J connectivity index is 2.14. The Bertz CT molecular complexity index is 111. The smallest absolute Gasteiger partial charge is 0.119 e. The molecule has 38 valence electrons. The van der Waals surface area contributed by atoms with Gasteiger partial charge in [-0.1, -0.05) is 12.2 Å². The topological polar surface area (TPSA) is 9.23 Å². The number of rotatable bonds is 0. The first-order valence-electron chi connectivity index (χ1n) is 2.40. The van der Waals surface area contributed by atoms with Crippen molar-refractivity contribution < 1.29 is 4.74 Å². The summed E-state index contributed by atoms with van der Waals surface area (Å²) in [5.41, 5.74) is 0.532. The molecule has 2 heteroatoms. The average Bonchev–Trinajstić information content (AvgIpc) is 2.41. The first-order chi connectivity index (χ1) is 3.47. The van der Waals surface area contributed by atoms with Crippen LogP contribution in [0.5, 0.6) is 0 Å². The molecule has 2 atom stereocenters. The Hall–Kier alpha value is 0.0500. The van der Waals surface area contributed by atoms with Crippen LogP contribution < -0.4 is 0 Å². The van der Waals surface area contributed by atoms with E-state index >= 15 is 0 Å². The first-order valence-corrected chi connectivity index (χ1v) is 3.35. The van der Waals surface area contributed by atoms with Crippen molar-refractivity contribution >= 4 is 11.8 Å². The third kappa shape index (κ3) is 0.583. The van der Waals surface area contributed by atoms with Gasteiger partial charge in [0, 0.05) is 0 Å². The van der Waals surface area contributed by atoms with Crippen molar-refractivity contribution in [1.82, 2.24) is 0 Å². The molecule has 0 saturated carbocycles. The molecular weight excluding hydrogens is 108 g/mol. The maximum atomic E-state index is 5.23. The van der Waals surface area contributed by atoms with Gasteiger partial charge in [-0.3, -0.25) is 0 Å². The van der Waals surface area contributed by atoms with Gasteiger partial charge in [0.05, 0.1) is 11.9 Å². The van der Waals surface area contributed by atoms with Crippen LogP contribution in [0.1, 0.15) is 0 Å². The van der Waals surface area contributed by atoms with Crippen LogP contribution in [0.4, 0.5) is 0 Å². The Morgan fingerprint density at radius 1 is 1.71 bits per heavy atom. The number of fused-ring (bicyclic) bond motifs is 1. The second-order valence-electron chi connectivity index (χ2n) is 1.73. The molecule has 0 aliphatic carbocycles. The molecule has 0 aromatic carbocycles. The molecule has 0 amide bonds. The first kappa shape index (κ1) is 3.98. The van der Waals surface area contributed by atoms with E-state index in [0.29, 0.717) is 10.7 Å². The van der Waals surface area contributed by atoms with Gasteiger partial charge in [-0.2, -0.15) is 0 Å². The Morgan fingerprint density at radius 3 is 3.29 bits per heavy atom. The fourth-order valence-corrected chi connectivity index (χ4v) is 1.47. The standard InChI is InChI=1S/C5H6OS/c1-2-4-5(7-4)6-3-1/h1-2,4-5H,3H2. The zero-order chi connectivity index (χ0) is 4.69. The molecule has 2 rings (SSSR count). The molecule has 1 fully saturated rings. The van der Waals surface area contributed by atoms with Gasteiger partial charge in [-0.05, 0) is 0 Å². The lowest BCUT2D eigenvalue weighted by Crippen LogP contribution is -2.02. The lowest BCUT2D eigenvalue weighted by Gasteiger charge is -1.98. The van der Waals surface area contributed by atoms with Gasteiger partial charge in [0.1, 0.15) is 5.44 Å². The predicted molar refractivity (Wildman–Crippen MR) is 30.3 cm³/mol. The molecule has 2 unspecified atom stereocenters. The summed E-state index contributed by atoms with van der Waals surface area (Å²) in [5.74, 6) is 0. The lowest BCUT2D eigenvalue weighted by atomic mass is 10.3. The summed E-state index contributed by atoms with van der Waals surface area (Å²) in [6, 6.07) is 0. The maximum Gasteiger partial charge on any atom is 0.119 e. The number of ether oxygens (including phenoxy) is 1. The van der Waals surface area contributed by atoms with E-state index < -0.39 is 0 Å². The van der Waals surface area contributed by atoms with Crippen LogP contribution >= 0.6 is 11.8 Å². The van der Waals surface area contributed by atoms with Crippen molar-refractivity contribution in [2.24, 2.45) is 0 Å². The minimum atomic E-state index is 0.532. The molecule has 2 aliphatic heterocycles. The third-order valence-corrected chi connectivity index (χ3v) is 2.27. The summed E-state index contributed by atoms with van der Waals surface area (Å²) in [6.45, 7) is 0.828. The number of hydrogen-bond donors (Lipinski definition) is 0. The molecular formula is C5H6OS. The van der Waals surface area contributed by atoms with Crippen LogP contribution in [0.2, 0.25) is 0 Å². The van der Waals surface area contributed by atoms with Crippen molar-refractivity contribution in [3.05, 3.63) is 12.2 Å². The van der Waals surface area contributed by atoms with Crippen LogP contribution in [0.3, 0.4) is 0 Å². The molecule has 0 spiro atoms. The van der Waals surface area contributed by atoms with Gasteiger partial charge < -0.3 is 4.74 Å². The normalized spacial score (nSPS) is 45.7. The van der Waals surface area contributed by atoms with E-state index in [1.54, 1.807) is 0 Å². The summed E-state index contributed by atoms with van der Waals surface area (Å²) in [6.07, 6.45) is 4.31. The van der Waals surface area contributed by atoms with Crippen molar-refractivity contribution in [1.29, 1.82) is 0 Å². The Morgan fingerprint density at radius 2 is 2.71 bits per heavy atom. The molecule has 0 N–H and O–H groups in total. The molecule has 0 bridgehead atoms. The summed E-state index contributed by atoms with van der Waals surface area (Å²) in [5, 5.41) is 0.716. The molecule has 2 aliphatic rings. The van der Waals surface area contributed by atoms with E-state index in [1.807, 2.05) is 11.8 Å². The molecule has 2 heterocycles. The third-order valence-electron chi connectivity index (χ3n) is 1.17. The number of hydrogen-bond acceptors (Lipinski definition) is 2. The summed E-state index contributed by atoms with van der Waals surface area (Å²) in [4.78, 5) is 0. The van der Waals surface area contributed by atoms with E-state index in [-0.39, 0.29) is 0 Å². The van der Waals surface area contributed by atoms with Gasteiger partial charge in [0.15, 0.2) is 0 Å². The minimum absolute atomic E-state index is 0.532. The van der Waals surface area contributed by atoms with E-state index in [9.17, 15) is 0 Å². The van der Waals surface area contributed by atoms with Crippen LogP contribution in [-0.2, 0) is 4.74 Å². The zero-order valence-corrected chi connectivity index (χ0v) is 4.65. The Labute approximate surface area is 46.7 Å². The van der Waals surface area contributed by atoms with E-state index in [1.165, 1.54) is 0 Å². The Kier molecular flexibility index (Phi) is 0.719. The largest absolute Gasteiger partial charge is 0.362 e. The fourth-order valence-electron chi connectivity index (χ4n) is 0.720. The van der Waals surface area contributed by atoms with Crippen LogP contribution in [0.25, 0.3) is 0 Å². The summed E-state index contributed by atoms with van der Waals surface area (Å²) in [7, 11) is 0. The van der Waals surface area contributed by atoms with E-state index in [4.69, 9.17) is 4.74 Å². The van der Waals surface area contributed by atoms with E-state index in [0.717, 1.165) is 6.61 Å². The second kappa shape index (κ2) is 1.26. The summed E-state index contributed by atoms with van der Waals surface area (Å²) >= 11 is 1.89. The lowest BCUT2D eigenvalue weighted by molar-refractivity contribution is 0.157. The van der Waals surface area contributed by atoms with Crippen molar-refractivity contribution in [3.63, 3.8) is 0 Å². The van der Waals surface area contributed by atoms with Gasteiger partial charge in [-0.25, -0.2) is 0 Å². The quantitative estimate of drug-likeness (QED) is 0.343. The maximum absolute atomic E-state index is 5.23. The average molecular weight is 114 g/mol. The highest BCUT2D eigenvalue weighted by Gasteiger charge is 2.38. The monoisotopic (exact) mass is 114 g/mol. The molecule has 7 heavy (non-hydrogen) atoms. The van der Waals surface area contributed by atoms with Crippen molar-refractivity contribution in [2.75, 3.05) is 6.61 Å². The van der Waals surface area contributed by atoms with Gasteiger partial charge in [0.25, 0.3) is 0 Å². The van der Waals surface area contributed by atoms with Crippen LogP contribution in [0.15, 0.2) is 12.2 Å². The molecule has 1 saturated heterocycles. The highest BCUT2D eigenvalue weighted by molar-refractivity contribution is 8.07. The molecule has 0 radical (unpaired) electrons. The molecule has 0 aromatic heterocycles. The minimum Gasteiger partial charge on any atom is -0.362 e. The van der Waals surface area contributed by atoms with Crippen LogP contribution in [0, 0.1) is 0 Å². The zero-order valence-electron chi connectivity index (χ0n) is 3.83. The van der Waals surface area contributed by atoms with Gasteiger partial charge in [0.2, 0.25) is 0 Å². The number of thioether (sulfide) groups is 1. The van der Waals surface area contributed by atoms with Crippen LogP contribution in [-0.4, -0.2) is 17.3 Å². The molecule has 0 aromatic rings. The SMILES string of the molecule is C1=CC2SC2OC1. The highest BCUT2D eigenvalue weighted by Crippen LogP contribution is 2.44. The van der Waals surface area contributed by atoms with Gasteiger partial charge in [-0.15, -0.1) is 11.8 Å². The predicted octanol–water partition coefficient (Wildman–Crippen LogP) is 1.01. The van der Waals surface area contributed by atoms with Crippen molar-refractivity contribution in [3.8, 4) is 0 Å². The van der Waals surface area contributed by atoms with E-state index in [2.05, 4.69) is 12.2 Å². The molecule has 1 nitrogen and oxygen atoms in total. The summed E-state index contributed by atoms with van der Waals surface area (Å²) < 4.78 is 5.23. The fraction of sp³-hybridized carbons (Fsp3) is 0.600. The van der Waals surface area contributed by atoms with Gasteiger partial charge >= 0.3 is 0 Å².